The van der Waals surface area contributed by atoms with Crippen molar-refractivity contribution in [1.82, 2.24) is 15.0 Å². The fourth-order valence-corrected chi connectivity index (χ4v) is 2.65. The van der Waals surface area contributed by atoms with E-state index in [0.29, 0.717) is 19.0 Å². The molecule has 0 fully saturated rings. The Labute approximate surface area is 157 Å². The van der Waals surface area contributed by atoms with Gasteiger partial charge in [-0.05, 0) is 23.8 Å². The van der Waals surface area contributed by atoms with E-state index in [1.54, 1.807) is 12.5 Å². The van der Waals surface area contributed by atoms with Gasteiger partial charge in [0.15, 0.2) is 0 Å². The second-order valence-corrected chi connectivity index (χ2v) is 5.98. The summed E-state index contributed by atoms with van der Waals surface area (Å²) in [6.45, 7) is 1.16. The van der Waals surface area contributed by atoms with Crippen molar-refractivity contribution in [2.75, 3.05) is 10.6 Å². The molecule has 0 saturated heterocycles. The molecular formula is C21H19N5O. The first-order valence-corrected chi connectivity index (χ1v) is 8.70. The van der Waals surface area contributed by atoms with Crippen molar-refractivity contribution in [3.63, 3.8) is 0 Å². The van der Waals surface area contributed by atoms with Crippen LogP contribution in [0.4, 0.5) is 11.8 Å². The van der Waals surface area contributed by atoms with Gasteiger partial charge in [-0.15, -0.1) is 0 Å². The Balaban J connectivity index is 1.57. The summed E-state index contributed by atoms with van der Waals surface area (Å²) in [6.07, 6.45) is 5.25. The summed E-state index contributed by atoms with van der Waals surface area (Å²) in [5.41, 5.74) is 2.97. The van der Waals surface area contributed by atoms with E-state index in [1.165, 1.54) is 0 Å². The topological polar surface area (TPSA) is 75.9 Å². The zero-order chi connectivity index (χ0) is 18.3. The first kappa shape index (κ1) is 16.8. The minimum atomic E-state index is 0.521. The fraction of sp³-hybridized carbons (Fsp3) is 0.0952. The minimum absolute atomic E-state index is 0.521. The fourth-order valence-electron chi connectivity index (χ4n) is 2.65. The summed E-state index contributed by atoms with van der Waals surface area (Å²) in [7, 11) is 0. The Morgan fingerprint density at radius 2 is 1.78 bits per heavy atom. The lowest BCUT2D eigenvalue weighted by molar-refractivity contribution is 0.517. The lowest BCUT2D eigenvalue weighted by atomic mass is 10.1. The van der Waals surface area contributed by atoms with Crippen molar-refractivity contribution in [2.24, 2.45) is 0 Å². The third kappa shape index (κ3) is 4.49. The first-order valence-electron chi connectivity index (χ1n) is 8.70. The molecule has 4 rings (SSSR count). The molecule has 4 aromatic rings. The number of nitrogens with one attached hydrogen (secondary N) is 2. The van der Waals surface area contributed by atoms with Crippen LogP contribution >= 0.6 is 0 Å². The van der Waals surface area contributed by atoms with Crippen LogP contribution in [-0.4, -0.2) is 15.0 Å². The van der Waals surface area contributed by atoms with E-state index >= 15 is 0 Å². The molecule has 0 aliphatic carbocycles. The molecule has 3 heterocycles. The highest BCUT2D eigenvalue weighted by Crippen LogP contribution is 2.22. The molecule has 2 N–H and O–H groups in total. The SMILES string of the molecule is c1ccc(-c2cc(NCc3cccnc3)nc(NCc3ccco3)n2)cc1. The molecule has 134 valence electrons. The van der Waals surface area contributed by atoms with Crippen LogP contribution in [0.1, 0.15) is 11.3 Å². The molecule has 1 aromatic carbocycles. The smallest absolute Gasteiger partial charge is 0.225 e. The molecule has 0 spiro atoms. The molecule has 6 nitrogen and oxygen atoms in total. The first-order chi connectivity index (χ1) is 13.4. The van der Waals surface area contributed by atoms with Crippen molar-refractivity contribution >= 4 is 11.8 Å². The second kappa shape index (κ2) is 8.14. The van der Waals surface area contributed by atoms with Gasteiger partial charge in [-0.1, -0.05) is 36.4 Å². The highest BCUT2D eigenvalue weighted by atomic mass is 16.3. The van der Waals surface area contributed by atoms with Gasteiger partial charge in [0.25, 0.3) is 0 Å². The molecule has 0 radical (unpaired) electrons. The van der Waals surface area contributed by atoms with Gasteiger partial charge in [0.1, 0.15) is 11.6 Å². The summed E-state index contributed by atoms with van der Waals surface area (Å²) < 4.78 is 5.37. The highest BCUT2D eigenvalue weighted by molar-refractivity contribution is 5.64. The van der Waals surface area contributed by atoms with Crippen LogP contribution < -0.4 is 10.6 Å². The summed E-state index contributed by atoms with van der Waals surface area (Å²) >= 11 is 0. The number of nitrogens with zero attached hydrogens (tertiary/aromatic N) is 3. The van der Waals surface area contributed by atoms with Gasteiger partial charge >= 0.3 is 0 Å². The molecular weight excluding hydrogens is 338 g/mol. The zero-order valence-corrected chi connectivity index (χ0v) is 14.7. The van der Waals surface area contributed by atoms with Gasteiger partial charge in [-0.3, -0.25) is 4.98 Å². The van der Waals surface area contributed by atoms with Gasteiger partial charge < -0.3 is 15.1 Å². The predicted octanol–water partition coefficient (Wildman–Crippen LogP) is 4.36. The lowest BCUT2D eigenvalue weighted by Gasteiger charge is -2.11. The Morgan fingerprint density at radius 3 is 2.56 bits per heavy atom. The summed E-state index contributed by atoms with van der Waals surface area (Å²) in [5, 5.41) is 6.58. The number of furan rings is 1. The largest absolute Gasteiger partial charge is 0.467 e. The molecule has 0 amide bonds. The van der Waals surface area contributed by atoms with E-state index in [0.717, 1.165) is 28.4 Å². The van der Waals surface area contributed by atoms with Gasteiger partial charge in [0.05, 0.1) is 18.5 Å². The second-order valence-electron chi connectivity index (χ2n) is 5.98. The number of pyridine rings is 1. The standard InChI is InChI=1S/C21H19N5O/c1-2-7-17(8-3-1)19-12-20(23-14-16-6-4-10-22-13-16)26-21(25-19)24-15-18-9-5-11-27-18/h1-13H,14-15H2,(H2,23,24,25,26). The van der Waals surface area contributed by atoms with Gasteiger partial charge in [0.2, 0.25) is 5.95 Å². The number of anilines is 2. The maximum absolute atomic E-state index is 5.37. The van der Waals surface area contributed by atoms with Crippen molar-refractivity contribution in [2.45, 2.75) is 13.1 Å². The number of hydrogen-bond acceptors (Lipinski definition) is 6. The number of aromatic nitrogens is 3. The summed E-state index contributed by atoms with van der Waals surface area (Å²) in [6, 6.07) is 19.7. The van der Waals surface area contributed by atoms with E-state index in [2.05, 4.69) is 25.6 Å². The monoisotopic (exact) mass is 357 g/mol. The van der Waals surface area contributed by atoms with Crippen LogP contribution in [-0.2, 0) is 13.1 Å². The minimum Gasteiger partial charge on any atom is -0.467 e. The van der Waals surface area contributed by atoms with E-state index in [9.17, 15) is 0 Å². The van der Waals surface area contributed by atoms with Crippen molar-refractivity contribution < 1.29 is 4.42 Å². The maximum Gasteiger partial charge on any atom is 0.225 e. The molecule has 27 heavy (non-hydrogen) atoms. The van der Waals surface area contributed by atoms with E-state index in [1.807, 2.05) is 66.9 Å². The third-order valence-electron chi connectivity index (χ3n) is 3.99. The summed E-state index contributed by atoms with van der Waals surface area (Å²) in [4.78, 5) is 13.4. The lowest BCUT2D eigenvalue weighted by Crippen LogP contribution is -2.08. The van der Waals surface area contributed by atoms with E-state index in [-0.39, 0.29) is 0 Å². The summed E-state index contributed by atoms with van der Waals surface area (Å²) in [5.74, 6) is 2.12. The average Bonchev–Trinajstić information content (AvgIpc) is 3.26. The maximum atomic E-state index is 5.37. The number of rotatable bonds is 7. The van der Waals surface area contributed by atoms with Crippen molar-refractivity contribution in [1.29, 1.82) is 0 Å². The van der Waals surface area contributed by atoms with Crippen LogP contribution in [0, 0.1) is 0 Å². The van der Waals surface area contributed by atoms with Crippen LogP contribution in [0.5, 0.6) is 0 Å². The molecule has 6 heteroatoms. The quantitative estimate of drug-likeness (QED) is 0.512. The highest BCUT2D eigenvalue weighted by Gasteiger charge is 2.07. The third-order valence-corrected chi connectivity index (χ3v) is 3.99. The molecule has 0 bridgehead atoms. The Hall–Kier alpha value is -3.67. The number of hydrogen-bond donors (Lipinski definition) is 2. The van der Waals surface area contributed by atoms with Crippen LogP contribution in [0.2, 0.25) is 0 Å². The van der Waals surface area contributed by atoms with Crippen molar-refractivity contribution in [3.8, 4) is 11.3 Å². The molecule has 0 atom stereocenters. The zero-order valence-electron chi connectivity index (χ0n) is 14.7. The van der Waals surface area contributed by atoms with Crippen LogP contribution in [0.3, 0.4) is 0 Å². The predicted molar refractivity (Wildman–Crippen MR) is 105 cm³/mol. The molecule has 0 saturated carbocycles. The normalized spacial score (nSPS) is 10.5. The van der Waals surface area contributed by atoms with E-state index in [4.69, 9.17) is 4.42 Å². The van der Waals surface area contributed by atoms with Gasteiger partial charge in [-0.25, -0.2) is 4.98 Å². The average molecular weight is 357 g/mol. The molecule has 3 aromatic heterocycles. The Morgan fingerprint density at radius 1 is 0.852 bits per heavy atom. The van der Waals surface area contributed by atoms with Gasteiger partial charge in [0, 0.05) is 30.6 Å². The Kier molecular flexibility index (Phi) is 5.06. The van der Waals surface area contributed by atoms with Gasteiger partial charge in [-0.2, -0.15) is 4.98 Å². The Bertz CT molecular complexity index is 972. The van der Waals surface area contributed by atoms with E-state index < -0.39 is 0 Å². The number of benzene rings is 1. The molecule has 0 unspecified atom stereocenters. The van der Waals surface area contributed by atoms with Crippen molar-refractivity contribution in [3.05, 3.63) is 90.6 Å². The molecule has 0 aliphatic rings. The van der Waals surface area contributed by atoms with Crippen LogP contribution in [0.15, 0.2) is 83.7 Å². The van der Waals surface area contributed by atoms with Crippen LogP contribution in [0.25, 0.3) is 11.3 Å². The molecule has 0 aliphatic heterocycles.